The van der Waals surface area contributed by atoms with E-state index in [1.807, 2.05) is 18.3 Å². The third-order valence-corrected chi connectivity index (χ3v) is 11.3. The molecule has 1 atom stereocenters. The number of fused-ring (bicyclic) bond motifs is 3. The Morgan fingerprint density at radius 3 is 2.72 bits per heavy atom. The second-order valence-electron chi connectivity index (χ2n) is 7.44. The van der Waals surface area contributed by atoms with Gasteiger partial charge in [0.15, 0.2) is 0 Å². The summed E-state index contributed by atoms with van der Waals surface area (Å²) in [4.78, 5) is 17.6. The molecule has 2 fully saturated rings. The molecule has 3 aromatic rings. The lowest BCUT2D eigenvalue weighted by Gasteiger charge is -2.38. The van der Waals surface area contributed by atoms with Gasteiger partial charge in [0.2, 0.25) is 5.91 Å². The average Bonchev–Trinajstić information content (AvgIpc) is 3.22. The van der Waals surface area contributed by atoms with Gasteiger partial charge in [-0.15, -0.1) is 0 Å². The molecule has 0 radical (unpaired) electrons. The zero-order chi connectivity index (χ0) is 17.0. The van der Waals surface area contributed by atoms with Crippen LogP contribution in [0.15, 0.2) is 54.5 Å². The monoisotopic (exact) mass is 347 g/mol. The van der Waals surface area contributed by atoms with Crippen LogP contribution >= 0.6 is 0 Å². The van der Waals surface area contributed by atoms with Crippen LogP contribution in [0.3, 0.4) is 0 Å². The number of nitrogens with one attached hydrogen (secondary N) is 1. The van der Waals surface area contributed by atoms with Crippen LogP contribution in [0.5, 0.6) is 0 Å². The lowest BCUT2D eigenvalue weighted by Crippen LogP contribution is -2.52. The fraction of sp³-hybridized carbons (Fsp3) is 0.300. The largest absolute Gasteiger partial charge is 0.333 e. The fourth-order valence-corrected chi connectivity index (χ4v) is 9.72. The lowest BCUT2D eigenvalue weighted by atomic mass is 10.2. The topological polar surface area (TPSA) is 46.9 Å². The Morgan fingerprint density at radius 1 is 1.12 bits per heavy atom. The molecular formula is C20H21N3OSi. The van der Waals surface area contributed by atoms with Crippen LogP contribution in [-0.2, 0) is 4.79 Å². The number of amides is 1. The Labute approximate surface area is 147 Å². The minimum atomic E-state index is -1.63. The molecule has 1 amide bonds. The Morgan fingerprint density at radius 2 is 1.88 bits per heavy atom. The Kier molecular flexibility index (Phi) is 3.16. The number of rotatable bonds is 1. The van der Waals surface area contributed by atoms with E-state index in [1.165, 1.54) is 30.3 Å². The van der Waals surface area contributed by atoms with Crippen LogP contribution in [0.25, 0.3) is 21.9 Å². The van der Waals surface area contributed by atoms with E-state index in [0.717, 1.165) is 27.9 Å². The number of aromatic nitrogens is 2. The Hall–Kier alpha value is -2.40. The first-order valence-electron chi connectivity index (χ1n) is 9.04. The van der Waals surface area contributed by atoms with Crippen molar-refractivity contribution in [2.24, 2.45) is 0 Å². The van der Waals surface area contributed by atoms with Gasteiger partial charge in [0.05, 0.1) is 5.52 Å². The fourth-order valence-electron chi connectivity index (χ4n) is 4.86. The first kappa shape index (κ1) is 14.9. The zero-order valence-electron chi connectivity index (χ0n) is 14.2. The molecule has 4 heterocycles. The molecule has 0 saturated carbocycles. The molecule has 4 nitrogen and oxygen atoms in total. The predicted molar refractivity (Wildman–Crippen MR) is 103 cm³/mol. The molecule has 25 heavy (non-hydrogen) atoms. The Balaban J connectivity index is 1.74. The summed E-state index contributed by atoms with van der Waals surface area (Å²) in [7, 11) is -1.63. The van der Waals surface area contributed by atoms with Crippen LogP contribution in [0.1, 0.15) is 18.9 Å². The number of para-hydroxylation sites is 1. The summed E-state index contributed by atoms with van der Waals surface area (Å²) in [6.07, 6.45) is 4.37. The number of carbonyl (C=O) groups excluding carboxylic acids is 1. The second kappa shape index (κ2) is 5.30. The lowest BCUT2D eigenvalue weighted by molar-refractivity contribution is -0.123. The van der Waals surface area contributed by atoms with Crippen molar-refractivity contribution >= 4 is 35.9 Å². The van der Waals surface area contributed by atoms with E-state index in [2.05, 4.69) is 45.7 Å². The van der Waals surface area contributed by atoms with Gasteiger partial charge in [-0.2, -0.15) is 0 Å². The van der Waals surface area contributed by atoms with Crippen LogP contribution in [0.2, 0.25) is 18.1 Å². The number of hydrogen-bond acceptors (Lipinski definition) is 2. The van der Waals surface area contributed by atoms with Crippen molar-refractivity contribution in [1.82, 2.24) is 14.9 Å². The maximum atomic E-state index is 12.9. The number of pyridine rings is 1. The third-order valence-electron chi connectivity index (χ3n) is 6.14. The number of carbonyl (C=O) groups is 1. The van der Waals surface area contributed by atoms with Crippen LogP contribution < -0.4 is 5.32 Å². The second-order valence-corrected chi connectivity index (χ2v) is 12.0. The van der Waals surface area contributed by atoms with Gasteiger partial charge in [0.1, 0.15) is 19.8 Å². The summed E-state index contributed by atoms with van der Waals surface area (Å²) >= 11 is 0. The van der Waals surface area contributed by atoms with Crippen molar-refractivity contribution in [2.45, 2.75) is 37.0 Å². The highest BCUT2D eigenvalue weighted by Crippen LogP contribution is 2.45. The van der Waals surface area contributed by atoms with E-state index in [4.69, 9.17) is 0 Å². The maximum Gasteiger partial charge on any atom is 0.246 e. The van der Waals surface area contributed by atoms with Crippen molar-refractivity contribution in [3.05, 3.63) is 54.5 Å². The quantitative estimate of drug-likeness (QED) is 0.672. The van der Waals surface area contributed by atoms with E-state index in [9.17, 15) is 4.79 Å². The molecule has 1 spiro atoms. The van der Waals surface area contributed by atoms with Gasteiger partial charge in [-0.3, -0.25) is 4.79 Å². The van der Waals surface area contributed by atoms with Crippen molar-refractivity contribution in [1.29, 1.82) is 0 Å². The van der Waals surface area contributed by atoms with E-state index >= 15 is 0 Å². The van der Waals surface area contributed by atoms with Gasteiger partial charge in [-0.05, 0) is 29.6 Å². The minimum Gasteiger partial charge on any atom is -0.333 e. The Bertz CT molecular complexity index is 963. The van der Waals surface area contributed by atoms with E-state index in [-0.39, 0.29) is 11.9 Å². The van der Waals surface area contributed by atoms with Gasteiger partial charge in [0.25, 0.3) is 0 Å². The SMILES string of the molecule is C=C1NC(=O)C(n2c3ccccc3c3cccnc32)C[Si]12CCCC2. The summed E-state index contributed by atoms with van der Waals surface area (Å²) in [6.45, 7) is 4.25. The molecule has 1 aromatic carbocycles. The summed E-state index contributed by atoms with van der Waals surface area (Å²) in [5.41, 5.74) is 2.02. The van der Waals surface area contributed by atoms with Crippen molar-refractivity contribution < 1.29 is 4.79 Å². The highest BCUT2D eigenvalue weighted by Gasteiger charge is 2.47. The molecule has 1 N–H and O–H groups in total. The van der Waals surface area contributed by atoms with Crippen LogP contribution in [0, 0.1) is 0 Å². The molecule has 2 aliphatic heterocycles. The van der Waals surface area contributed by atoms with E-state index in [0.29, 0.717) is 0 Å². The summed E-state index contributed by atoms with van der Waals surface area (Å²) < 4.78 is 2.18. The first-order chi connectivity index (χ1) is 12.2. The van der Waals surface area contributed by atoms with Crippen LogP contribution in [-0.4, -0.2) is 23.5 Å². The molecular weight excluding hydrogens is 326 g/mol. The first-order valence-corrected chi connectivity index (χ1v) is 11.7. The summed E-state index contributed by atoms with van der Waals surface area (Å²) in [5.74, 6) is 0.0725. The molecule has 126 valence electrons. The normalized spacial score (nSPS) is 22.8. The molecule has 2 aromatic heterocycles. The predicted octanol–water partition coefficient (Wildman–Crippen LogP) is 4.16. The maximum absolute atomic E-state index is 12.9. The van der Waals surface area contributed by atoms with Crippen molar-refractivity contribution in [3.63, 3.8) is 0 Å². The van der Waals surface area contributed by atoms with Crippen molar-refractivity contribution in [3.8, 4) is 0 Å². The van der Waals surface area contributed by atoms with Gasteiger partial charge >= 0.3 is 0 Å². The van der Waals surface area contributed by atoms with E-state index in [1.54, 1.807) is 0 Å². The molecule has 2 saturated heterocycles. The highest BCUT2D eigenvalue weighted by molar-refractivity contribution is 6.87. The zero-order valence-corrected chi connectivity index (χ0v) is 15.2. The van der Waals surface area contributed by atoms with Crippen molar-refractivity contribution in [2.75, 3.05) is 0 Å². The standard InChI is InChI=1S/C20H21N3OSi/c1-14-22-20(24)18(13-25(14)11-4-5-12-25)23-17-9-3-2-7-15(17)16-8-6-10-21-19(16)23/h2-3,6-10,18H,1,4-5,11-13H2,(H,22,24). The molecule has 0 aliphatic carbocycles. The highest BCUT2D eigenvalue weighted by atomic mass is 28.3. The van der Waals surface area contributed by atoms with Gasteiger partial charge in [-0.1, -0.05) is 49.7 Å². The summed E-state index contributed by atoms with van der Waals surface area (Å²) in [6, 6.07) is 15.7. The third kappa shape index (κ3) is 2.05. The number of nitrogens with zero attached hydrogens (tertiary/aromatic N) is 2. The number of hydrogen-bond donors (Lipinski definition) is 1. The van der Waals surface area contributed by atoms with Gasteiger partial charge in [-0.25, -0.2) is 4.98 Å². The van der Waals surface area contributed by atoms with Crippen LogP contribution in [0.4, 0.5) is 0 Å². The molecule has 5 rings (SSSR count). The number of benzene rings is 1. The minimum absolute atomic E-state index is 0.0725. The van der Waals surface area contributed by atoms with E-state index < -0.39 is 8.07 Å². The van der Waals surface area contributed by atoms with Gasteiger partial charge in [0, 0.05) is 17.0 Å². The van der Waals surface area contributed by atoms with Gasteiger partial charge < -0.3 is 9.88 Å². The molecule has 1 unspecified atom stereocenters. The molecule has 5 heteroatoms. The molecule has 0 bridgehead atoms. The smallest absolute Gasteiger partial charge is 0.246 e. The molecule has 2 aliphatic rings. The summed E-state index contributed by atoms with van der Waals surface area (Å²) in [5, 5.41) is 6.51. The average molecular weight is 347 g/mol.